The minimum Gasteiger partial charge on any atom is -0.395 e. The lowest BCUT2D eigenvalue weighted by Gasteiger charge is -2.38. The first kappa shape index (κ1) is 14.8. The number of rotatable bonds is 4. The van der Waals surface area contributed by atoms with E-state index in [1.165, 1.54) is 28.6 Å². The van der Waals surface area contributed by atoms with Gasteiger partial charge in [-0.05, 0) is 50.6 Å². The predicted molar refractivity (Wildman–Crippen MR) is 83.8 cm³/mol. The lowest BCUT2D eigenvalue weighted by atomic mass is 10.0. The summed E-state index contributed by atoms with van der Waals surface area (Å²) in [5.74, 6) is 0. The molecule has 0 aromatic heterocycles. The maximum absolute atomic E-state index is 9.06. The second kappa shape index (κ2) is 6.73. The summed E-state index contributed by atoms with van der Waals surface area (Å²) in [6, 6.07) is 7.11. The summed E-state index contributed by atoms with van der Waals surface area (Å²) in [5, 5.41) is 9.06. The number of aliphatic hydroxyl groups excluding tert-OH is 1. The molecule has 19 heavy (non-hydrogen) atoms. The van der Waals surface area contributed by atoms with Gasteiger partial charge in [0.2, 0.25) is 0 Å². The number of nitrogens with zero attached hydrogens (tertiary/aromatic N) is 2. The molecule has 0 amide bonds. The smallest absolute Gasteiger partial charge is 0.0558 e. The topological polar surface area (TPSA) is 26.7 Å². The molecule has 1 heterocycles. The van der Waals surface area contributed by atoms with Crippen LogP contribution in [0.25, 0.3) is 0 Å². The molecule has 4 heteroatoms. The zero-order valence-electron chi connectivity index (χ0n) is 11.8. The van der Waals surface area contributed by atoms with Gasteiger partial charge in [0.25, 0.3) is 0 Å². The molecule has 0 bridgehead atoms. The largest absolute Gasteiger partial charge is 0.395 e. The average molecular weight is 327 g/mol. The molecule has 0 spiro atoms. The fourth-order valence-electron chi connectivity index (χ4n) is 2.71. The SMILES string of the molecule is Cc1cc(N2CCCC(N(C)CCO)C2)ccc1Br. The number of anilines is 1. The van der Waals surface area contributed by atoms with Crippen LogP contribution in [0.4, 0.5) is 5.69 Å². The number of aliphatic hydroxyl groups is 1. The van der Waals surface area contributed by atoms with Crippen molar-refractivity contribution in [3.05, 3.63) is 28.2 Å². The minimum atomic E-state index is 0.240. The van der Waals surface area contributed by atoms with E-state index in [1.54, 1.807) is 0 Å². The molecule has 1 aromatic rings. The molecule has 1 atom stereocenters. The molecule has 1 N–H and O–H groups in total. The van der Waals surface area contributed by atoms with Gasteiger partial charge in [-0.1, -0.05) is 15.9 Å². The van der Waals surface area contributed by atoms with Gasteiger partial charge < -0.3 is 10.0 Å². The summed E-state index contributed by atoms with van der Waals surface area (Å²) in [6.07, 6.45) is 2.44. The second-order valence-corrected chi connectivity index (χ2v) is 6.23. The third-order valence-electron chi connectivity index (χ3n) is 3.98. The van der Waals surface area contributed by atoms with Crippen LogP contribution < -0.4 is 4.90 Å². The summed E-state index contributed by atoms with van der Waals surface area (Å²) in [6.45, 7) is 5.32. The van der Waals surface area contributed by atoms with Gasteiger partial charge in [-0.3, -0.25) is 4.90 Å². The minimum absolute atomic E-state index is 0.240. The molecule has 3 nitrogen and oxygen atoms in total. The first-order valence-electron chi connectivity index (χ1n) is 6.94. The van der Waals surface area contributed by atoms with Gasteiger partial charge >= 0.3 is 0 Å². The number of hydrogen-bond acceptors (Lipinski definition) is 3. The van der Waals surface area contributed by atoms with E-state index in [2.05, 4.69) is 57.9 Å². The van der Waals surface area contributed by atoms with Gasteiger partial charge in [-0.15, -0.1) is 0 Å². The monoisotopic (exact) mass is 326 g/mol. The van der Waals surface area contributed by atoms with Crippen LogP contribution in [0.1, 0.15) is 18.4 Å². The lowest BCUT2D eigenvalue weighted by molar-refractivity contribution is 0.166. The highest BCUT2D eigenvalue weighted by Crippen LogP contribution is 2.26. The number of benzene rings is 1. The average Bonchev–Trinajstić information content (AvgIpc) is 2.42. The van der Waals surface area contributed by atoms with Gasteiger partial charge in [-0.2, -0.15) is 0 Å². The Hall–Kier alpha value is -0.580. The third-order valence-corrected chi connectivity index (χ3v) is 4.87. The number of aryl methyl sites for hydroxylation is 1. The first-order chi connectivity index (χ1) is 9.11. The number of hydrogen-bond donors (Lipinski definition) is 1. The van der Waals surface area contributed by atoms with Crippen LogP contribution in [-0.4, -0.2) is 49.3 Å². The van der Waals surface area contributed by atoms with E-state index in [0.29, 0.717) is 6.04 Å². The molecular weight excluding hydrogens is 304 g/mol. The second-order valence-electron chi connectivity index (χ2n) is 5.38. The van der Waals surface area contributed by atoms with E-state index in [4.69, 9.17) is 5.11 Å². The van der Waals surface area contributed by atoms with Crippen LogP contribution in [0.3, 0.4) is 0 Å². The van der Waals surface area contributed by atoms with Crippen LogP contribution in [0.15, 0.2) is 22.7 Å². The molecule has 1 fully saturated rings. The molecule has 0 radical (unpaired) electrons. The summed E-state index contributed by atoms with van der Waals surface area (Å²) >= 11 is 3.55. The Morgan fingerprint density at radius 3 is 2.95 bits per heavy atom. The highest BCUT2D eigenvalue weighted by Gasteiger charge is 2.23. The van der Waals surface area contributed by atoms with E-state index >= 15 is 0 Å². The van der Waals surface area contributed by atoms with Crippen molar-refractivity contribution in [1.29, 1.82) is 0 Å². The van der Waals surface area contributed by atoms with Crippen LogP contribution in [0.5, 0.6) is 0 Å². The van der Waals surface area contributed by atoms with E-state index in [0.717, 1.165) is 19.6 Å². The Labute approximate surface area is 124 Å². The highest BCUT2D eigenvalue weighted by molar-refractivity contribution is 9.10. The van der Waals surface area contributed by atoms with Crippen LogP contribution >= 0.6 is 15.9 Å². The van der Waals surface area contributed by atoms with Crippen molar-refractivity contribution in [2.24, 2.45) is 0 Å². The maximum atomic E-state index is 9.06. The van der Waals surface area contributed by atoms with Crippen molar-refractivity contribution in [2.75, 3.05) is 38.2 Å². The number of piperidine rings is 1. The normalized spacial score (nSPS) is 20.1. The fraction of sp³-hybridized carbons (Fsp3) is 0.600. The van der Waals surface area contributed by atoms with Crippen molar-refractivity contribution in [2.45, 2.75) is 25.8 Å². The van der Waals surface area contributed by atoms with Crippen molar-refractivity contribution < 1.29 is 5.11 Å². The van der Waals surface area contributed by atoms with Crippen LogP contribution in [0.2, 0.25) is 0 Å². The molecule has 0 saturated carbocycles. The summed E-state index contributed by atoms with van der Waals surface area (Å²) in [4.78, 5) is 4.74. The summed E-state index contributed by atoms with van der Waals surface area (Å²) in [7, 11) is 2.11. The predicted octanol–water partition coefficient (Wildman–Crippen LogP) is 2.65. The molecule has 1 aliphatic rings. The van der Waals surface area contributed by atoms with E-state index in [9.17, 15) is 0 Å². The first-order valence-corrected chi connectivity index (χ1v) is 7.73. The molecule has 1 saturated heterocycles. The van der Waals surface area contributed by atoms with Gasteiger partial charge in [0, 0.05) is 35.8 Å². The van der Waals surface area contributed by atoms with Crippen molar-refractivity contribution in [3.63, 3.8) is 0 Å². The zero-order chi connectivity index (χ0) is 13.8. The Kier molecular flexibility index (Phi) is 5.25. The molecule has 2 rings (SSSR count). The van der Waals surface area contributed by atoms with Crippen LogP contribution in [0, 0.1) is 6.92 Å². The zero-order valence-corrected chi connectivity index (χ0v) is 13.4. The summed E-state index contributed by atoms with van der Waals surface area (Å²) in [5.41, 5.74) is 2.59. The molecule has 106 valence electrons. The maximum Gasteiger partial charge on any atom is 0.0558 e. The molecular formula is C15H23BrN2O. The molecule has 0 aliphatic carbocycles. The summed E-state index contributed by atoms with van der Waals surface area (Å²) < 4.78 is 1.17. The van der Waals surface area contributed by atoms with Gasteiger partial charge in [-0.25, -0.2) is 0 Å². The van der Waals surface area contributed by atoms with Crippen molar-refractivity contribution in [3.8, 4) is 0 Å². The van der Waals surface area contributed by atoms with Gasteiger partial charge in [0.1, 0.15) is 0 Å². The number of halogens is 1. The van der Waals surface area contributed by atoms with Crippen LogP contribution in [-0.2, 0) is 0 Å². The Balaban J connectivity index is 2.06. The standard InChI is InChI=1S/C15H23BrN2O/c1-12-10-13(5-6-15(12)16)18-7-3-4-14(11-18)17(2)8-9-19/h5-6,10,14,19H,3-4,7-9,11H2,1-2H3. The quantitative estimate of drug-likeness (QED) is 0.921. The van der Waals surface area contributed by atoms with Crippen molar-refractivity contribution >= 4 is 21.6 Å². The highest BCUT2D eigenvalue weighted by atomic mass is 79.9. The Bertz CT molecular complexity index is 425. The molecule has 1 aliphatic heterocycles. The number of likely N-dealkylation sites (N-methyl/N-ethyl adjacent to an activating group) is 1. The van der Waals surface area contributed by atoms with Crippen molar-refractivity contribution in [1.82, 2.24) is 4.90 Å². The van der Waals surface area contributed by atoms with Gasteiger partial charge in [0.05, 0.1) is 6.61 Å². The van der Waals surface area contributed by atoms with E-state index in [1.807, 2.05) is 0 Å². The lowest BCUT2D eigenvalue weighted by Crippen LogP contribution is -2.47. The third kappa shape index (κ3) is 3.71. The van der Waals surface area contributed by atoms with E-state index in [-0.39, 0.29) is 6.61 Å². The Morgan fingerprint density at radius 2 is 2.26 bits per heavy atom. The molecule has 1 aromatic carbocycles. The Morgan fingerprint density at radius 1 is 1.47 bits per heavy atom. The fourth-order valence-corrected chi connectivity index (χ4v) is 2.96. The van der Waals surface area contributed by atoms with E-state index < -0.39 is 0 Å². The van der Waals surface area contributed by atoms with Gasteiger partial charge in [0.15, 0.2) is 0 Å². The molecule has 1 unspecified atom stereocenters.